The minimum atomic E-state index is 0.467. The number of nitrogens with zero attached hydrogens (tertiary/aromatic N) is 2. The summed E-state index contributed by atoms with van der Waals surface area (Å²) in [6.45, 7) is 1.99. The minimum absolute atomic E-state index is 0.467. The largest absolute Gasteiger partial charge is 0.497 e. The predicted octanol–water partition coefficient (Wildman–Crippen LogP) is 3.23. The Kier molecular flexibility index (Phi) is 4.06. The number of hydrogen-bond acceptors (Lipinski definition) is 5. The quantitative estimate of drug-likeness (QED) is 0.899. The molecule has 1 heterocycles. The van der Waals surface area contributed by atoms with Crippen LogP contribution in [0.5, 0.6) is 5.75 Å². The fourth-order valence-corrected chi connectivity index (χ4v) is 1.74. The van der Waals surface area contributed by atoms with Crippen molar-refractivity contribution in [3.05, 3.63) is 35.0 Å². The van der Waals surface area contributed by atoms with Gasteiger partial charge < -0.3 is 15.4 Å². The average molecular weight is 279 g/mol. The SMILES string of the molecule is CNc1ncc(Cl)c(Nc2ccc(OC)cc2C)n1. The topological polar surface area (TPSA) is 59.1 Å². The molecule has 0 aliphatic heterocycles. The van der Waals surface area contributed by atoms with Crippen molar-refractivity contribution < 1.29 is 4.74 Å². The Hall–Kier alpha value is -2.01. The van der Waals surface area contributed by atoms with Gasteiger partial charge in [0.15, 0.2) is 5.82 Å². The Morgan fingerprint density at radius 1 is 1.32 bits per heavy atom. The van der Waals surface area contributed by atoms with Crippen molar-refractivity contribution in [2.75, 3.05) is 24.8 Å². The van der Waals surface area contributed by atoms with Gasteiger partial charge in [-0.1, -0.05) is 11.6 Å². The first-order chi connectivity index (χ1) is 9.13. The van der Waals surface area contributed by atoms with E-state index >= 15 is 0 Å². The number of nitrogens with one attached hydrogen (secondary N) is 2. The van der Waals surface area contributed by atoms with Crippen LogP contribution in [0, 0.1) is 6.92 Å². The molecule has 0 bridgehead atoms. The van der Waals surface area contributed by atoms with E-state index in [1.165, 1.54) is 0 Å². The number of ether oxygens (including phenoxy) is 1. The maximum atomic E-state index is 6.07. The molecule has 2 rings (SSSR count). The zero-order valence-corrected chi connectivity index (χ0v) is 11.7. The molecule has 0 saturated carbocycles. The van der Waals surface area contributed by atoms with E-state index in [1.807, 2.05) is 25.1 Å². The predicted molar refractivity (Wildman–Crippen MR) is 77.6 cm³/mol. The lowest BCUT2D eigenvalue weighted by molar-refractivity contribution is 0.414. The van der Waals surface area contributed by atoms with Crippen molar-refractivity contribution in [1.29, 1.82) is 0 Å². The van der Waals surface area contributed by atoms with Crippen molar-refractivity contribution in [1.82, 2.24) is 9.97 Å². The van der Waals surface area contributed by atoms with Crippen LogP contribution in [-0.4, -0.2) is 24.1 Å². The Balaban J connectivity index is 2.30. The number of hydrogen-bond donors (Lipinski definition) is 2. The summed E-state index contributed by atoms with van der Waals surface area (Å²) >= 11 is 6.07. The summed E-state index contributed by atoms with van der Waals surface area (Å²) in [6, 6.07) is 5.74. The van der Waals surface area contributed by atoms with Gasteiger partial charge in [-0.15, -0.1) is 0 Å². The number of halogens is 1. The Labute approximate surface area is 117 Å². The van der Waals surface area contributed by atoms with E-state index in [0.29, 0.717) is 16.8 Å². The van der Waals surface area contributed by atoms with Gasteiger partial charge in [0.1, 0.15) is 10.8 Å². The average Bonchev–Trinajstić information content (AvgIpc) is 2.43. The van der Waals surface area contributed by atoms with Crippen LogP contribution >= 0.6 is 11.6 Å². The molecule has 1 aromatic carbocycles. The summed E-state index contributed by atoms with van der Waals surface area (Å²) in [4.78, 5) is 8.31. The molecule has 100 valence electrons. The fourth-order valence-electron chi connectivity index (χ4n) is 1.61. The molecular weight excluding hydrogens is 264 g/mol. The Morgan fingerprint density at radius 2 is 2.11 bits per heavy atom. The van der Waals surface area contributed by atoms with Crippen LogP contribution in [0.2, 0.25) is 5.02 Å². The van der Waals surface area contributed by atoms with Crippen LogP contribution in [-0.2, 0) is 0 Å². The second-order valence-corrected chi connectivity index (χ2v) is 4.35. The first kappa shape index (κ1) is 13.4. The van der Waals surface area contributed by atoms with Gasteiger partial charge in [0.25, 0.3) is 0 Å². The van der Waals surface area contributed by atoms with Crippen molar-refractivity contribution in [3.63, 3.8) is 0 Å². The van der Waals surface area contributed by atoms with Gasteiger partial charge in [-0.25, -0.2) is 4.98 Å². The van der Waals surface area contributed by atoms with Gasteiger partial charge in [-0.3, -0.25) is 0 Å². The summed E-state index contributed by atoms with van der Waals surface area (Å²) in [5.74, 6) is 1.89. The molecule has 0 saturated heterocycles. The van der Waals surface area contributed by atoms with Crippen LogP contribution in [0.25, 0.3) is 0 Å². The highest BCUT2D eigenvalue weighted by Gasteiger charge is 2.07. The number of aromatic nitrogens is 2. The van der Waals surface area contributed by atoms with Crippen LogP contribution in [0.1, 0.15) is 5.56 Å². The van der Waals surface area contributed by atoms with Crippen LogP contribution in [0.3, 0.4) is 0 Å². The second-order valence-electron chi connectivity index (χ2n) is 3.95. The maximum Gasteiger partial charge on any atom is 0.224 e. The molecule has 0 amide bonds. The third-order valence-electron chi connectivity index (χ3n) is 2.65. The van der Waals surface area contributed by atoms with Crippen molar-refractivity contribution in [2.45, 2.75) is 6.92 Å². The lowest BCUT2D eigenvalue weighted by Gasteiger charge is -2.12. The van der Waals surface area contributed by atoms with E-state index in [0.717, 1.165) is 17.0 Å². The fraction of sp³-hybridized carbons (Fsp3) is 0.231. The number of aryl methyl sites for hydroxylation is 1. The molecule has 0 fully saturated rings. The first-order valence-corrected chi connectivity index (χ1v) is 6.14. The summed E-state index contributed by atoms with van der Waals surface area (Å²) in [5.41, 5.74) is 1.96. The van der Waals surface area contributed by atoms with Gasteiger partial charge in [-0.05, 0) is 30.7 Å². The molecule has 0 aliphatic carbocycles. The summed E-state index contributed by atoms with van der Waals surface area (Å²) in [5, 5.41) is 6.53. The molecule has 0 aliphatic rings. The second kappa shape index (κ2) is 5.75. The third-order valence-corrected chi connectivity index (χ3v) is 2.93. The van der Waals surface area contributed by atoms with E-state index in [-0.39, 0.29) is 0 Å². The maximum absolute atomic E-state index is 6.07. The van der Waals surface area contributed by atoms with E-state index in [2.05, 4.69) is 20.6 Å². The van der Waals surface area contributed by atoms with Crippen LogP contribution in [0.15, 0.2) is 24.4 Å². The number of rotatable bonds is 4. The van der Waals surface area contributed by atoms with Crippen molar-refractivity contribution in [2.24, 2.45) is 0 Å². The Morgan fingerprint density at radius 3 is 2.74 bits per heavy atom. The molecule has 2 aromatic rings. The molecule has 0 unspecified atom stereocenters. The molecule has 2 N–H and O–H groups in total. The molecule has 0 spiro atoms. The van der Waals surface area contributed by atoms with Gasteiger partial charge in [-0.2, -0.15) is 4.98 Å². The third kappa shape index (κ3) is 3.06. The highest BCUT2D eigenvalue weighted by atomic mass is 35.5. The van der Waals surface area contributed by atoms with Gasteiger partial charge in [0, 0.05) is 12.7 Å². The van der Waals surface area contributed by atoms with E-state index < -0.39 is 0 Å². The summed E-state index contributed by atoms with van der Waals surface area (Å²) < 4.78 is 5.17. The molecule has 0 atom stereocenters. The van der Waals surface area contributed by atoms with Crippen molar-refractivity contribution in [3.8, 4) is 5.75 Å². The molecule has 0 radical (unpaired) electrons. The smallest absolute Gasteiger partial charge is 0.224 e. The molecule has 6 heteroatoms. The zero-order chi connectivity index (χ0) is 13.8. The molecular formula is C13H15ClN4O. The van der Waals surface area contributed by atoms with Crippen molar-refractivity contribution >= 4 is 29.1 Å². The molecule has 1 aromatic heterocycles. The summed E-state index contributed by atoms with van der Waals surface area (Å²) in [6.07, 6.45) is 1.56. The number of methoxy groups -OCH3 is 1. The molecule has 5 nitrogen and oxygen atoms in total. The highest BCUT2D eigenvalue weighted by molar-refractivity contribution is 6.32. The van der Waals surface area contributed by atoms with E-state index in [9.17, 15) is 0 Å². The van der Waals surface area contributed by atoms with Gasteiger partial charge in [0.05, 0.1) is 13.3 Å². The minimum Gasteiger partial charge on any atom is -0.497 e. The first-order valence-electron chi connectivity index (χ1n) is 5.76. The number of anilines is 3. The van der Waals surface area contributed by atoms with Gasteiger partial charge in [0.2, 0.25) is 5.95 Å². The lowest BCUT2D eigenvalue weighted by Crippen LogP contribution is -2.02. The monoisotopic (exact) mass is 278 g/mol. The molecule has 19 heavy (non-hydrogen) atoms. The number of benzene rings is 1. The standard InChI is InChI=1S/C13H15ClN4O/c1-8-6-9(19-3)4-5-11(8)17-12-10(14)7-16-13(15-2)18-12/h4-7H,1-3H3,(H2,15,16,17,18). The lowest BCUT2D eigenvalue weighted by atomic mass is 10.2. The van der Waals surface area contributed by atoms with E-state index in [1.54, 1.807) is 20.4 Å². The zero-order valence-electron chi connectivity index (χ0n) is 11.0. The van der Waals surface area contributed by atoms with Crippen LogP contribution in [0.4, 0.5) is 17.5 Å². The normalized spacial score (nSPS) is 10.1. The Bertz CT molecular complexity index is 589. The highest BCUT2D eigenvalue weighted by Crippen LogP contribution is 2.27. The summed E-state index contributed by atoms with van der Waals surface area (Å²) in [7, 11) is 3.40. The van der Waals surface area contributed by atoms with E-state index in [4.69, 9.17) is 16.3 Å². The van der Waals surface area contributed by atoms with Crippen LogP contribution < -0.4 is 15.4 Å². The van der Waals surface area contributed by atoms with Gasteiger partial charge >= 0.3 is 0 Å².